The van der Waals surface area contributed by atoms with Gasteiger partial charge in [0.25, 0.3) is 0 Å². The van der Waals surface area contributed by atoms with E-state index in [1.165, 1.54) is 25.7 Å². The maximum atomic E-state index is 12.4. The summed E-state index contributed by atoms with van der Waals surface area (Å²) in [7, 11) is 1.67. The Balaban J connectivity index is 1.56. The molecule has 0 saturated heterocycles. The number of benzene rings is 1. The number of halogens is 1. The van der Waals surface area contributed by atoms with Crippen molar-refractivity contribution in [3.63, 3.8) is 0 Å². The van der Waals surface area contributed by atoms with Crippen LogP contribution in [0, 0.1) is 17.8 Å². The minimum absolute atomic E-state index is 0.187. The number of methoxy groups -OCH3 is 1. The maximum Gasteiger partial charge on any atom is 0.223 e. The Morgan fingerprint density at radius 2 is 2.13 bits per heavy atom. The summed E-state index contributed by atoms with van der Waals surface area (Å²) < 4.78 is 5.68. The summed E-state index contributed by atoms with van der Waals surface area (Å²) in [6.45, 7) is 2.46. The van der Waals surface area contributed by atoms with Crippen molar-refractivity contribution in [1.82, 2.24) is 5.32 Å². The fourth-order valence-corrected chi connectivity index (χ4v) is 4.11. The topological polar surface area (TPSA) is 38.3 Å². The van der Waals surface area contributed by atoms with E-state index in [1.54, 1.807) is 7.11 Å². The fourth-order valence-electron chi connectivity index (χ4n) is 3.92. The van der Waals surface area contributed by atoms with E-state index in [0.717, 1.165) is 17.9 Å². The second-order valence-corrected chi connectivity index (χ2v) is 7.65. The van der Waals surface area contributed by atoms with E-state index in [9.17, 15) is 4.79 Å². The molecule has 4 heteroatoms. The Morgan fingerprint density at radius 1 is 1.39 bits per heavy atom. The molecular formula is C19H26ClNO2. The molecule has 2 aliphatic carbocycles. The van der Waals surface area contributed by atoms with E-state index in [4.69, 9.17) is 16.3 Å². The molecule has 0 heterocycles. The monoisotopic (exact) mass is 335 g/mol. The lowest BCUT2D eigenvalue weighted by Crippen LogP contribution is -2.41. The van der Waals surface area contributed by atoms with E-state index in [0.29, 0.717) is 17.5 Å². The van der Waals surface area contributed by atoms with Crippen LogP contribution in [0.3, 0.4) is 0 Å². The molecule has 3 rings (SSSR count). The molecule has 1 N–H and O–H groups in total. The molecule has 3 nitrogen and oxygen atoms in total. The molecule has 3 atom stereocenters. The fraction of sp³-hybridized carbons (Fsp3) is 0.632. The van der Waals surface area contributed by atoms with Crippen molar-refractivity contribution < 1.29 is 9.53 Å². The van der Waals surface area contributed by atoms with Crippen molar-refractivity contribution in [2.45, 2.75) is 44.6 Å². The first-order valence-electron chi connectivity index (χ1n) is 8.62. The minimum Gasteiger partial charge on any atom is -0.372 e. The maximum absolute atomic E-state index is 12.4. The van der Waals surface area contributed by atoms with E-state index >= 15 is 0 Å². The molecular weight excluding hydrogens is 310 g/mol. The van der Waals surface area contributed by atoms with Crippen LogP contribution in [-0.4, -0.2) is 19.6 Å². The Hall–Kier alpha value is -1.06. The molecule has 2 fully saturated rings. The molecule has 23 heavy (non-hydrogen) atoms. The third kappa shape index (κ3) is 3.72. The normalized spacial score (nSPS) is 26.7. The second kappa shape index (κ2) is 6.82. The molecule has 126 valence electrons. The summed E-state index contributed by atoms with van der Waals surface area (Å²) in [6, 6.07) is 7.64. The Morgan fingerprint density at radius 3 is 2.78 bits per heavy atom. The summed E-state index contributed by atoms with van der Waals surface area (Å²) in [5, 5.41) is 3.78. The zero-order chi connectivity index (χ0) is 16.4. The number of hydrogen-bond acceptors (Lipinski definition) is 2. The van der Waals surface area contributed by atoms with Crippen LogP contribution in [0.1, 0.15) is 44.6 Å². The summed E-state index contributed by atoms with van der Waals surface area (Å²) in [4.78, 5) is 12.4. The molecule has 2 saturated carbocycles. The lowest BCUT2D eigenvalue weighted by molar-refractivity contribution is -0.124. The number of ether oxygens (including phenoxy) is 1. The van der Waals surface area contributed by atoms with Crippen LogP contribution in [0.4, 0.5) is 0 Å². The van der Waals surface area contributed by atoms with Gasteiger partial charge in [0.05, 0.1) is 6.54 Å². The average Bonchev–Trinajstić information content (AvgIpc) is 3.17. The van der Waals surface area contributed by atoms with Gasteiger partial charge < -0.3 is 10.1 Å². The second-order valence-electron chi connectivity index (χ2n) is 7.21. The van der Waals surface area contributed by atoms with E-state index < -0.39 is 5.60 Å². The Kier molecular flexibility index (Phi) is 4.98. The molecule has 0 radical (unpaired) electrons. The van der Waals surface area contributed by atoms with Gasteiger partial charge in [-0.1, -0.05) is 49.4 Å². The third-order valence-electron chi connectivity index (χ3n) is 5.67. The van der Waals surface area contributed by atoms with Gasteiger partial charge in [0.15, 0.2) is 0 Å². The molecule has 2 unspecified atom stereocenters. The van der Waals surface area contributed by atoms with E-state index in [1.807, 2.05) is 31.2 Å². The van der Waals surface area contributed by atoms with Crippen LogP contribution in [0.25, 0.3) is 0 Å². The molecule has 0 bridgehead atoms. The number of amides is 1. The van der Waals surface area contributed by atoms with Crippen molar-refractivity contribution in [3.05, 3.63) is 34.9 Å². The molecule has 0 spiro atoms. The molecule has 1 amide bonds. The first-order chi connectivity index (χ1) is 11.0. The van der Waals surface area contributed by atoms with Crippen LogP contribution >= 0.6 is 11.6 Å². The summed E-state index contributed by atoms with van der Waals surface area (Å²) in [5.41, 5.74) is 0.425. The summed E-state index contributed by atoms with van der Waals surface area (Å²) in [6.07, 6.45) is 6.37. The summed E-state index contributed by atoms with van der Waals surface area (Å²) >= 11 is 6.08. The molecule has 2 aliphatic rings. The summed E-state index contributed by atoms with van der Waals surface area (Å²) in [5.74, 6) is 1.82. The number of hydrogen-bond donors (Lipinski definition) is 1. The van der Waals surface area contributed by atoms with Gasteiger partial charge in [0.2, 0.25) is 5.91 Å². The highest BCUT2D eigenvalue weighted by atomic mass is 35.5. The number of carbonyl (C=O) groups excluding carboxylic acids is 1. The van der Waals surface area contributed by atoms with Crippen molar-refractivity contribution >= 4 is 17.5 Å². The van der Waals surface area contributed by atoms with Crippen LogP contribution in [0.2, 0.25) is 5.02 Å². The van der Waals surface area contributed by atoms with Gasteiger partial charge in [0.1, 0.15) is 5.60 Å². The first-order valence-corrected chi connectivity index (χ1v) is 9.00. The quantitative estimate of drug-likeness (QED) is 0.848. The van der Waals surface area contributed by atoms with Gasteiger partial charge in [-0.2, -0.15) is 0 Å². The zero-order valence-electron chi connectivity index (χ0n) is 14.0. The van der Waals surface area contributed by atoms with Crippen LogP contribution in [0.5, 0.6) is 0 Å². The Labute approximate surface area is 143 Å². The number of rotatable bonds is 6. The largest absolute Gasteiger partial charge is 0.372 e. The highest BCUT2D eigenvalue weighted by Crippen LogP contribution is 2.50. The van der Waals surface area contributed by atoms with E-state index in [2.05, 4.69) is 5.32 Å². The van der Waals surface area contributed by atoms with Gasteiger partial charge in [0, 0.05) is 18.1 Å². The van der Waals surface area contributed by atoms with Gasteiger partial charge in [-0.3, -0.25) is 4.79 Å². The molecule has 0 aromatic heterocycles. The standard InChI is InChI=1S/C19H26ClNO2/c1-19(23-2,14-8-5-9-15(20)10-14)12-21-18(22)17-11-16(17)13-6-3-4-7-13/h5,8-10,13,16-17H,3-4,6-7,11-12H2,1-2H3,(H,21,22)/t16?,17?,19-/m0/s1. The number of carbonyl (C=O) groups is 1. The highest BCUT2D eigenvalue weighted by molar-refractivity contribution is 6.30. The lowest BCUT2D eigenvalue weighted by atomic mass is 9.95. The first kappa shape index (κ1) is 16.8. The predicted molar refractivity (Wildman–Crippen MR) is 92.4 cm³/mol. The molecule has 1 aromatic carbocycles. The van der Waals surface area contributed by atoms with Crippen molar-refractivity contribution in [2.75, 3.05) is 13.7 Å². The van der Waals surface area contributed by atoms with Gasteiger partial charge in [-0.05, 0) is 42.9 Å². The smallest absolute Gasteiger partial charge is 0.223 e. The number of nitrogens with one attached hydrogen (secondary N) is 1. The SMILES string of the molecule is CO[C@@](C)(CNC(=O)C1CC1C1CCCC1)c1cccc(Cl)c1. The lowest BCUT2D eigenvalue weighted by Gasteiger charge is -2.29. The Bertz CT molecular complexity index is 570. The van der Waals surface area contributed by atoms with Gasteiger partial charge in [-0.15, -0.1) is 0 Å². The molecule has 1 aromatic rings. The average molecular weight is 336 g/mol. The highest BCUT2D eigenvalue weighted by Gasteiger charge is 2.48. The predicted octanol–water partition coefficient (Wildman–Crippen LogP) is 4.14. The van der Waals surface area contributed by atoms with Crippen molar-refractivity contribution in [1.29, 1.82) is 0 Å². The van der Waals surface area contributed by atoms with Crippen LogP contribution < -0.4 is 5.32 Å². The zero-order valence-corrected chi connectivity index (χ0v) is 14.7. The van der Waals surface area contributed by atoms with Gasteiger partial charge >= 0.3 is 0 Å². The third-order valence-corrected chi connectivity index (χ3v) is 5.90. The van der Waals surface area contributed by atoms with Crippen molar-refractivity contribution in [3.8, 4) is 0 Å². The van der Waals surface area contributed by atoms with E-state index in [-0.39, 0.29) is 11.8 Å². The van der Waals surface area contributed by atoms with Gasteiger partial charge in [-0.25, -0.2) is 0 Å². The minimum atomic E-state index is -0.557. The van der Waals surface area contributed by atoms with Crippen molar-refractivity contribution in [2.24, 2.45) is 17.8 Å². The van der Waals surface area contributed by atoms with Crippen LogP contribution in [0.15, 0.2) is 24.3 Å². The van der Waals surface area contributed by atoms with Crippen LogP contribution in [-0.2, 0) is 15.1 Å². The molecule has 0 aliphatic heterocycles.